The van der Waals surface area contributed by atoms with Gasteiger partial charge in [-0.05, 0) is 37.3 Å². The number of nitrogens with one attached hydrogen (secondary N) is 2. The van der Waals surface area contributed by atoms with Gasteiger partial charge in [-0.25, -0.2) is 0 Å². The Bertz CT molecular complexity index is 626. The highest BCUT2D eigenvalue weighted by Crippen LogP contribution is 2.23. The standard InChI is InChI=1S/C20H31ClN4O2/c1-22-20(23-12-16-3-4-17(21)11-19(16)26-2)24-18-5-8-25(9-6-18)13-15-7-10-27-14-15/h3-4,11,15,18H,5-10,12-14H2,1-2H3,(H2,22,23,24). The van der Waals surface area contributed by atoms with Crippen molar-refractivity contribution in [2.24, 2.45) is 10.9 Å². The molecule has 2 fully saturated rings. The van der Waals surface area contributed by atoms with Crippen molar-refractivity contribution in [2.75, 3.05) is 47.0 Å². The maximum Gasteiger partial charge on any atom is 0.191 e. The van der Waals surface area contributed by atoms with Crippen LogP contribution in [0.3, 0.4) is 0 Å². The predicted molar refractivity (Wildman–Crippen MR) is 110 cm³/mol. The lowest BCUT2D eigenvalue weighted by Crippen LogP contribution is -2.49. The number of hydrogen-bond donors (Lipinski definition) is 2. The van der Waals surface area contributed by atoms with Crippen molar-refractivity contribution in [3.63, 3.8) is 0 Å². The Morgan fingerprint density at radius 3 is 2.81 bits per heavy atom. The fourth-order valence-electron chi connectivity index (χ4n) is 3.78. The summed E-state index contributed by atoms with van der Waals surface area (Å²) in [6, 6.07) is 6.15. The zero-order valence-electron chi connectivity index (χ0n) is 16.3. The number of methoxy groups -OCH3 is 1. The molecule has 2 heterocycles. The van der Waals surface area contributed by atoms with Crippen molar-refractivity contribution in [1.82, 2.24) is 15.5 Å². The summed E-state index contributed by atoms with van der Waals surface area (Å²) in [6.45, 7) is 5.95. The largest absolute Gasteiger partial charge is 0.496 e. The molecule has 0 amide bonds. The van der Waals surface area contributed by atoms with Crippen LogP contribution in [0.2, 0.25) is 5.02 Å². The van der Waals surface area contributed by atoms with Crippen LogP contribution in [0.4, 0.5) is 0 Å². The summed E-state index contributed by atoms with van der Waals surface area (Å²) in [5, 5.41) is 7.62. The second-order valence-electron chi connectivity index (χ2n) is 7.33. The Labute approximate surface area is 167 Å². The number of benzene rings is 1. The van der Waals surface area contributed by atoms with E-state index in [0.29, 0.717) is 17.6 Å². The normalized spacial score (nSPS) is 22.0. The van der Waals surface area contributed by atoms with Crippen molar-refractivity contribution in [1.29, 1.82) is 0 Å². The molecule has 2 saturated heterocycles. The van der Waals surface area contributed by atoms with E-state index in [1.165, 1.54) is 13.0 Å². The van der Waals surface area contributed by atoms with E-state index >= 15 is 0 Å². The zero-order chi connectivity index (χ0) is 19.1. The third-order valence-corrected chi connectivity index (χ3v) is 5.62. The van der Waals surface area contributed by atoms with Crippen molar-refractivity contribution in [3.8, 4) is 5.75 Å². The highest BCUT2D eigenvalue weighted by Gasteiger charge is 2.24. The molecule has 3 rings (SSSR count). The lowest BCUT2D eigenvalue weighted by molar-refractivity contribution is 0.150. The minimum atomic E-state index is 0.458. The summed E-state index contributed by atoms with van der Waals surface area (Å²) in [5.74, 6) is 2.34. The number of ether oxygens (including phenoxy) is 2. The Morgan fingerprint density at radius 1 is 1.33 bits per heavy atom. The lowest BCUT2D eigenvalue weighted by atomic mass is 10.0. The average Bonchev–Trinajstić information content (AvgIpc) is 3.20. The van der Waals surface area contributed by atoms with Gasteiger partial charge in [0.2, 0.25) is 0 Å². The third kappa shape index (κ3) is 5.99. The van der Waals surface area contributed by atoms with Gasteiger partial charge in [0.25, 0.3) is 0 Å². The zero-order valence-corrected chi connectivity index (χ0v) is 17.1. The molecule has 7 heteroatoms. The highest BCUT2D eigenvalue weighted by atomic mass is 35.5. The van der Waals surface area contributed by atoms with E-state index < -0.39 is 0 Å². The molecule has 2 aliphatic rings. The summed E-state index contributed by atoms with van der Waals surface area (Å²) in [7, 11) is 3.47. The molecule has 150 valence electrons. The van der Waals surface area contributed by atoms with Crippen molar-refractivity contribution in [3.05, 3.63) is 28.8 Å². The van der Waals surface area contributed by atoms with Crippen LogP contribution in [0.25, 0.3) is 0 Å². The van der Waals surface area contributed by atoms with Gasteiger partial charge in [0.1, 0.15) is 5.75 Å². The van der Waals surface area contributed by atoms with Crippen LogP contribution in [0.1, 0.15) is 24.8 Å². The van der Waals surface area contributed by atoms with Crippen LogP contribution in [0, 0.1) is 5.92 Å². The van der Waals surface area contributed by atoms with E-state index in [-0.39, 0.29) is 0 Å². The number of nitrogens with zero attached hydrogens (tertiary/aromatic N) is 2. The first-order valence-corrected chi connectivity index (χ1v) is 10.2. The topological polar surface area (TPSA) is 58.1 Å². The summed E-state index contributed by atoms with van der Waals surface area (Å²) in [4.78, 5) is 6.95. The van der Waals surface area contributed by atoms with Gasteiger partial charge in [-0.1, -0.05) is 17.7 Å². The summed E-state index contributed by atoms with van der Waals surface area (Å²) in [6.07, 6.45) is 3.49. The molecule has 0 saturated carbocycles. The maximum atomic E-state index is 6.03. The lowest BCUT2D eigenvalue weighted by Gasteiger charge is -2.34. The molecule has 2 N–H and O–H groups in total. The van der Waals surface area contributed by atoms with Gasteiger partial charge in [0, 0.05) is 56.5 Å². The van der Waals surface area contributed by atoms with Crippen molar-refractivity contribution >= 4 is 17.6 Å². The highest BCUT2D eigenvalue weighted by molar-refractivity contribution is 6.30. The second-order valence-corrected chi connectivity index (χ2v) is 7.77. The minimum Gasteiger partial charge on any atom is -0.496 e. The average molecular weight is 395 g/mol. The monoisotopic (exact) mass is 394 g/mol. The molecule has 0 radical (unpaired) electrons. The maximum absolute atomic E-state index is 6.03. The Hall–Kier alpha value is -1.50. The van der Waals surface area contributed by atoms with Crippen LogP contribution in [-0.2, 0) is 11.3 Å². The van der Waals surface area contributed by atoms with Gasteiger partial charge >= 0.3 is 0 Å². The molecule has 0 spiro atoms. The molecule has 1 atom stereocenters. The van der Waals surface area contributed by atoms with E-state index in [4.69, 9.17) is 21.1 Å². The molecule has 0 aromatic heterocycles. The first kappa shape index (κ1) is 20.2. The van der Waals surface area contributed by atoms with E-state index in [1.807, 2.05) is 25.2 Å². The molecule has 27 heavy (non-hydrogen) atoms. The molecular weight excluding hydrogens is 364 g/mol. The molecule has 0 aliphatic carbocycles. The molecule has 1 aromatic rings. The van der Waals surface area contributed by atoms with Crippen LogP contribution in [0.5, 0.6) is 5.75 Å². The molecule has 0 bridgehead atoms. The number of piperidine rings is 1. The van der Waals surface area contributed by atoms with E-state index in [2.05, 4.69) is 20.5 Å². The Balaban J connectivity index is 1.43. The molecular formula is C20H31ClN4O2. The smallest absolute Gasteiger partial charge is 0.191 e. The van der Waals surface area contributed by atoms with Crippen molar-refractivity contribution < 1.29 is 9.47 Å². The number of likely N-dealkylation sites (tertiary alicyclic amines) is 1. The number of halogens is 1. The number of aliphatic imine (C=N–C) groups is 1. The fraction of sp³-hybridized carbons (Fsp3) is 0.650. The Kier molecular flexibility index (Phi) is 7.61. The third-order valence-electron chi connectivity index (χ3n) is 5.39. The van der Waals surface area contributed by atoms with Crippen LogP contribution < -0.4 is 15.4 Å². The van der Waals surface area contributed by atoms with Gasteiger partial charge in [-0.15, -0.1) is 0 Å². The minimum absolute atomic E-state index is 0.458. The Morgan fingerprint density at radius 2 is 2.15 bits per heavy atom. The van der Waals surface area contributed by atoms with Gasteiger partial charge in [-0.2, -0.15) is 0 Å². The molecule has 1 aromatic carbocycles. The molecule has 6 nitrogen and oxygen atoms in total. The first-order valence-electron chi connectivity index (χ1n) is 9.77. The summed E-state index contributed by atoms with van der Waals surface area (Å²) < 4.78 is 10.9. The van der Waals surface area contributed by atoms with E-state index in [0.717, 1.165) is 62.3 Å². The predicted octanol–water partition coefficient (Wildman–Crippen LogP) is 2.51. The number of rotatable bonds is 6. The number of hydrogen-bond acceptors (Lipinski definition) is 4. The van der Waals surface area contributed by atoms with Crippen LogP contribution >= 0.6 is 11.6 Å². The van der Waals surface area contributed by atoms with Gasteiger partial charge < -0.3 is 25.0 Å². The van der Waals surface area contributed by atoms with Crippen LogP contribution in [-0.4, -0.2) is 63.9 Å². The van der Waals surface area contributed by atoms with Crippen LogP contribution in [0.15, 0.2) is 23.2 Å². The fourth-order valence-corrected chi connectivity index (χ4v) is 3.95. The SMILES string of the molecule is CN=C(NCc1ccc(Cl)cc1OC)NC1CCN(CC2CCOC2)CC1. The second kappa shape index (κ2) is 10.2. The number of guanidine groups is 1. The quantitative estimate of drug-likeness (QED) is 0.573. The van der Waals surface area contributed by atoms with E-state index in [9.17, 15) is 0 Å². The van der Waals surface area contributed by atoms with E-state index in [1.54, 1.807) is 7.11 Å². The summed E-state index contributed by atoms with van der Waals surface area (Å²) >= 11 is 6.03. The molecule has 1 unspecified atom stereocenters. The summed E-state index contributed by atoms with van der Waals surface area (Å²) in [5.41, 5.74) is 1.05. The first-order chi connectivity index (χ1) is 13.2. The van der Waals surface area contributed by atoms with Gasteiger partial charge in [0.05, 0.1) is 13.7 Å². The molecule has 2 aliphatic heterocycles. The van der Waals surface area contributed by atoms with Gasteiger partial charge in [0.15, 0.2) is 5.96 Å². The van der Waals surface area contributed by atoms with Gasteiger partial charge in [-0.3, -0.25) is 4.99 Å². The van der Waals surface area contributed by atoms with Crippen molar-refractivity contribution in [2.45, 2.75) is 31.8 Å².